The second kappa shape index (κ2) is 10.0. The first-order valence-corrected chi connectivity index (χ1v) is 13.3. The average Bonchev–Trinajstić information content (AvgIpc) is 2.90. The smallest absolute Gasteiger partial charge is 0.264 e. The molecule has 36 heavy (non-hydrogen) atoms. The fourth-order valence-corrected chi connectivity index (χ4v) is 5.76. The normalized spacial score (nSPS) is 14.6. The summed E-state index contributed by atoms with van der Waals surface area (Å²) < 4.78 is 29.0. The minimum atomic E-state index is -3.87. The van der Waals surface area contributed by atoms with Crippen LogP contribution >= 0.6 is 0 Å². The van der Waals surface area contributed by atoms with E-state index in [-0.39, 0.29) is 10.8 Å². The van der Waals surface area contributed by atoms with E-state index < -0.39 is 10.0 Å². The van der Waals surface area contributed by atoms with Crippen molar-refractivity contribution in [3.63, 3.8) is 0 Å². The van der Waals surface area contributed by atoms with Crippen LogP contribution in [-0.4, -0.2) is 60.3 Å². The van der Waals surface area contributed by atoms with E-state index in [4.69, 9.17) is 0 Å². The van der Waals surface area contributed by atoms with E-state index in [0.717, 1.165) is 30.6 Å². The van der Waals surface area contributed by atoms with Gasteiger partial charge >= 0.3 is 0 Å². The first-order chi connectivity index (χ1) is 17.4. The lowest BCUT2D eigenvalue weighted by Gasteiger charge is -2.34. The maximum absolute atomic E-state index is 13.2. The van der Waals surface area contributed by atoms with Gasteiger partial charge in [0.05, 0.1) is 11.2 Å². The molecule has 0 radical (unpaired) electrons. The number of rotatable bonds is 6. The van der Waals surface area contributed by atoms with Crippen LogP contribution in [0.15, 0.2) is 84.1 Å². The highest BCUT2D eigenvalue weighted by Gasteiger charge is 2.24. The number of nitrogens with zero attached hydrogens (tertiary/aromatic N) is 4. The number of para-hydroxylation sites is 1. The van der Waals surface area contributed by atoms with Gasteiger partial charge < -0.3 is 4.90 Å². The van der Waals surface area contributed by atoms with Crippen LogP contribution in [0.25, 0.3) is 10.9 Å². The Bertz CT molecular complexity index is 1500. The molecule has 5 rings (SSSR count). The van der Waals surface area contributed by atoms with Crippen molar-refractivity contribution in [3.8, 4) is 0 Å². The Kier molecular flexibility index (Phi) is 6.67. The van der Waals surface area contributed by atoms with Crippen molar-refractivity contribution in [2.24, 2.45) is 0 Å². The lowest BCUT2D eigenvalue weighted by Crippen LogP contribution is -2.48. The monoisotopic (exact) mass is 501 g/mol. The number of carbonyl (C=O) groups is 1. The molecule has 184 valence electrons. The molecule has 0 spiro atoms. The number of piperazine rings is 1. The van der Waals surface area contributed by atoms with Gasteiger partial charge in [0.15, 0.2) is 0 Å². The zero-order valence-electron chi connectivity index (χ0n) is 20.0. The third-order valence-electron chi connectivity index (χ3n) is 6.39. The van der Waals surface area contributed by atoms with Crippen LogP contribution in [0.1, 0.15) is 21.5 Å². The molecule has 0 aliphatic carbocycles. The topological polar surface area (TPSA) is 95.5 Å². The fraction of sp³-hybridized carbons (Fsp3) is 0.222. The van der Waals surface area contributed by atoms with Gasteiger partial charge in [-0.2, -0.15) is 0 Å². The summed E-state index contributed by atoms with van der Waals surface area (Å²) in [5, 5.41) is 0.749. The second-order valence-electron chi connectivity index (χ2n) is 8.90. The average molecular weight is 502 g/mol. The number of nitrogens with one attached hydrogen (secondary N) is 1. The summed E-state index contributed by atoms with van der Waals surface area (Å²) in [6.07, 6.45) is 5.21. The molecule has 0 atom stereocenters. The molecule has 0 unspecified atom stereocenters. The molecule has 2 aromatic heterocycles. The van der Waals surface area contributed by atoms with Gasteiger partial charge in [0.25, 0.3) is 15.9 Å². The number of hydrogen-bond acceptors (Lipinski definition) is 6. The Labute approximate surface area is 210 Å². The van der Waals surface area contributed by atoms with Crippen molar-refractivity contribution in [1.29, 1.82) is 0 Å². The van der Waals surface area contributed by atoms with Crippen molar-refractivity contribution in [2.45, 2.75) is 18.4 Å². The third kappa shape index (κ3) is 5.07. The Morgan fingerprint density at radius 1 is 0.972 bits per heavy atom. The molecule has 2 aromatic carbocycles. The predicted octanol–water partition coefficient (Wildman–Crippen LogP) is 3.70. The van der Waals surface area contributed by atoms with Gasteiger partial charge in [0.1, 0.15) is 4.90 Å². The first kappa shape index (κ1) is 23.9. The number of carbonyl (C=O) groups excluding carboxylic acids is 1. The van der Waals surface area contributed by atoms with Gasteiger partial charge in [-0.05, 0) is 54.4 Å². The Morgan fingerprint density at radius 2 is 1.75 bits per heavy atom. The highest BCUT2D eigenvalue weighted by molar-refractivity contribution is 7.93. The molecular weight excluding hydrogens is 474 g/mol. The molecular formula is C27H27N5O3S. The zero-order chi connectivity index (χ0) is 25.1. The van der Waals surface area contributed by atoms with Crippen molar-refractivity contribution < 1.29 is 13.2 Å². The number of pyridine rings is 2. The van der Waals surface area contributed by atoms with E-state index in [9.17, 15) is 13.2 Å². The van der Waals surface area contributed by atoms with Crippen molar-refractivity contribution >= 4 is 32.5 Å². The zero-order valence-corrected chi connectivity index (χ0v) is 20.8. The van der Waals surface area contributed by atoms with Crippen LogP contribution in [0, 0.1) is 6.92 Å². The van der Waals surface area contributed by atoms with Crippen LogP contribution in [0.2, 0.25) is 0 Å². The SMILES string of the molecule is Cc1cc(C(=O)N2CCN(Cc3cccnc3)CC2)ccc1NS(=O)(=O)c1cccc2cccnc12. The number of fused-ring (bicyclic) bond motifs is 1. The quantitative estimate of drug-likeness (QED) is 0.433. The molecule has 4 aromatic rings. The van der Waals surface area contributed by atoms with Crippen LogP contribution in [0.3, 0.4) is 0 Å². The minimum absolute atomic E-state index is 0.0493. The molecule has 1 N–H and O–H groups in total. The molecule has 3 heterocycles. The van der Waals surface area contributed by atoms with Crippen molar-refractivity contribution in [1.82, 2.24) is 19.8 Å². The lowest BCUT2D eigenvalue weighted by molar-refractivity contribution is 0.0628. The summed E-state index contributed by atoms with van der Waals surface area (Å²) in [4.78, 5) is 25.8. The van der Waals surface area contributed by atoms with Crippen LogP contribution in [0.4, 0.5) is 5.69 Å². The maximum Gasteiger partial charge on any atom is 0.264 e. The Hall–Kier alpha value is -3.82. The summed E-state index contributed by atoms with van der Waals surface area (Å²) in [6.45, 7) is 5.46. The summed E-state index contributed by atoms with van der Waals surface area (Å²) in [5.41, 5.74) is 3.22. The maximum atomic E-state index is 13.2. The van der Waals surface area contributed by atoms with E-state index >= 15 is 0 Å². The van der Waals surface area contributed by atoms with Gasteiger partial charge in [-0.15, -0.1) is 0 Å². The second-order valence-corrected chi connectivity index (χ2v) is 10.5. The van der Waals surface area contributed by atoms with E-state index in [1.165, 1.54) is 0 Å². The summed E-state index contributed by atoms with van der Waals surface area (Å²) in [7, 11) is -3.87. The number of amides is 1. The van der Waals surface area contributed by atoms with Gasteiger partial charge in [-0.3, -0.25) is 24.4 Å². The largest absolute Gasteiger partial charge is 0.336 e. The molecule has 9 heteroatoms. The lowest BCUT2D eigenvalue weighted by atomic mass is 10.1. The van der Waals surface area contributed by atoms with E-state index in [1.807, 2.05) is 29.3 Å². The molecule has 0 saturated carbocycles. The highest BCUT2D eigenvalue weighted by Crippen LogP contribution is 2.25. The molecule has 1 aliphatic heterocycles. The minimum Gasteiger partial charge on any atom is -0.336 e. The van der Waals surface area contributed by atoms with E-state index in [2.05, 4.69) is 25.7 Å². The first-order valence-electron chi connectivity index (χ1n) is 11.8. The molecule has 1 fully saturated rings. The summed E-state index contributed by atoms with van der Waals surface area (Å²) in [5.74, 6) is -0.0493. The molecule has 1 saturated heterocycles. The van der Waals surface area contributed by atoms with Crippen LogP contribution in [0.5, 0.6) is 0 Å². The highest BCUT2D eigenvalue weighted by atomic mass is 32.2. The van der Waals surface area contributed by atoms with E-state index in [0.29, 0.717) is 35.4 Å². The summed E-state index contributed by atoms with van der Waals surface area (Å²) >= 11 is 0. The Balaban J connectivity index is 1.26. The van der Waals surface area contributed by atoms with Gasteiger partial charge in [0, 0.05) is 62.3 Å². The van der Waals surface area contributed by atoms with E-state index in [1.54, 1.807) is 55.7 Å². The Morgan fingerprint density at radius 3 is 2.50 bits per heavy atom. The van der Waals surface area contributed by atoms with Gasteiger partial charge in [-0.1, -0.05) is 24.3 Å². The number of hydrogen-bond donors (Lipinski definition) is 1. The third-order valence-corrected chi connectivity index (χ3v) is 7.79. The number of anilines is 1. The number of aryl methyl sites for hydroxylation is 1. The number of benzene rings is 2. The fourth-order valence-electron chi connectivity index (χ4n) is 4.45. The molecule has 1 amide bonds. The number of aromatic nitrogens is 2. The van der Waals surface area contributed by atoms with Crippen LogP contribution in [-0.2, 0) is 16.6 Å². The molecule has 1 aliphatic rings. The van der Waals surface area contributed by atoms with Crippen molar-refractivity contribution in [3.05, 3.63) is 95.9 Å². The van der Waals surface area contributed by atoms with Crippen molar-refractivity contribution in [2.75, 3.05) is 30.9 Å². The standard InChI is InChI=1S/C27H27N5O3S/c1-20-17-23(27(33)32-15-13-31(14-16-32)19-21-5-3-11-28-18-21)9-10-24(20)30-36(34,35)25-8-2-6-22-7-4-12-29-26(22)25/h2-12,17-18,30H,13-16,19H2,1H3. The van der Waals surface area contributed by atoms with Gasteiger partial charge in [0.2, 0.25) is 0 Å². The van der Waals surface area contributed by atoms with Gasteiger partial charge in [-0.25, -0.2) is 8.42 Å². The van der Waals surface area contributed by atoms with Crippen LogP contribution < -0.4 is 4.72 Å². The predicted molar refractivity (Wildman–Crippen MR) is 139 cm³/mol. The summed E-state index contributed by atoms with van der Waals surface area (Å²) in [6, 6.07) is 17.7. The molecule has 8 nitrogen and oxygen atoms in total. The molecule has 0 bridgehead atoms. The number of sulfonamides is 1.